The molecule has 1 aliphatic heterocycles. The number of anilines is 1. The fourth-order valence-corrected chi connectivity index (χ4v) is 8.65. The van der Waals surface area contributed by atoms with Crippen LogP contribution in [0, 0.1) is 27.4 Å². The quantitative estimate of drug-likeness (QED) is 0.364. The molecule has 1 saturated heterocycles. The van der Waals surface area contributed by atoms with Crippen molar-refractivity contribution in [3.8, 4) is 5.40 Å². The molecule has 182 valence electrons. The van der Waals surface area contributed by atoms with Crippen molar-refractivity contribution in [3.63, 3.8) is 0 Å². The zero-order chi connectivity index (χ0) is 24.6. The van der Waals surface area contributed by atoms with Gasteiger partial charge in [-0.15, -0.1) is 0 Å². The van der Waals surface area contributed by atoms with Gasteiger partial charge in [0.05, 0.1) is 11.1 Å². The first-order valence-electron chi connectivity index (χ1n) is 12.4. The number of nitrogens with one attached hydrogen (secondary N) is 2. The molecule has 0 aromatic heterocycles. The third-order valence-electron chi connectivity index (χ3n) is 7.51. The maximum Gasteiger partial charge on any atom is 0.234 e. The third kappa shape index (κ3) is 4.94. The number of amides is 1. The molecule has 6 heteroatoms. The molecule has 1 aromatic rings. The highest BCUT2D eigenvalue weighted by atomic mass is 32.3. The number of carbonyl (C=O) groups excluding carboxylic acids is 1. The molecule has 3 unspecified atom stereocenters. The van der Waals surface area contributed by atoms with E-state index in [0.717, 1.165) is 47.8 Å². The van der Waals surface area contributed by atoms with Crippen LogP contribution in [-0.2, 0) is 4.79 Å². The first-order valence-corrected chi connectivity index (χ1v) is 14.5. The molecule has 1 aliphatic carbocycles. The van der Waals surface area contributed by atoms with Gasteiger partial charge >= 0.3 is 0 Å². The predicted molar refractivity (Wildman–Crippen MR) is 142 cm³/mol. The minimum Gasteiger partial charge on any atom is -0.388 e. The average Bonchev–Trinajstić information content (AvgIpc) is 3.62. The summed E-state index contributed by atoms with van der Waals surface area (Å²) in [5.74, 6) is 3.61. The van der Waals surface area contributed by atoms with E-state index in [1.165, 1.54) is 5.56 Å². The Morgan fingerprint density at radius 2 is 2.00 bits per heavy atom. The van der Waals surface area contributed by atoms with Gasteiger partial charge in [-0.25, -0.2) is 0 Å². The number of carbonyl (C=O) groups is 1. The van der Waals surface area contributed by atoms with Gasteiger partial charge in [0.25, 0.3) is 0 Å². The maximum absolute atomic E-state index is 14.2. The molecule has 5 nitrogen and oxygen atoms in total. The SMILES string of the molecule is CCS1(C#N)CC(C)CC(N(C(=O)C(C)(C)C(=N)c2c(NC)cccc2C2CC2)C(C)C)C1. The summed E-state index contributed by atoms with van der Waals surface area (Å²) in [6, 6.07) is 6.26. The second-order valence-corrected chi connectivity index (χ2v) is 14.4. The van der Waals surface area contributed by atoms with Crippen molar-refractivity contribution in [3.05, 3.63) is 29.3 Å². The van der Waals surface area contributed by atoms with Crippen molar-refractivity contribution in [2.24, 2.45) is 11.3 Å². The molecular weight excluding hydrogens is 428 g/mol. The summed E-state index contributed by atoms with van der Waals surface area (Å²) in [6.07, 6.45) is 3.23. The number of hydrogen-bond donors (Lipinski definition) is 2. The van der Waals surface area contributed by atoms with Gasteiger partial charge in [0, 0.05) is 36.1 Å². The molecule has 1 heterocycles. The zero-order valence-electron chi connectivity index (χ0n) is 21.5. The lowest BCUT2D eigenvalue weighted by molar-refractivity contribution is -0.141. The second kappa shape index (κ2) is 9.70. The summed E-state index contributed by atoms with van der Waals surface area (Å²) in [5, 5.41) is 25.2. The van der Waals surface area contributed by atoms with Crippen LogP contribution in [0.2, 0.25) is 0 Å². The number of nitriles is 1. The summed E-state index contributed by atoms with van der Waals surface area (Å²) in [6.45, 7) is 12.3. The van der Waals surface area contributed by atoms with Gasteiger partial charge in [-0.2, -0.15) is 15.3 Å². The molecule has 1 amide bonds. The van der Waals surface area contributed by atoms with Crippen LogP contribution in [0.25, 0.3) is 0 Å². The highest BCUT2D eigenvalue weighted by Crippen LogP contribution is 2.54. The Morgan fingerprint density at radius 1 is 1.33 bits per heavy atom. The van der Waals surface area contributed by atoms with Crippen molar-refractivity contribution in [2.45, 2.75) is 78.8 Å². The monoisotopic (exact) mass is 470 g/mol. The highest BCUT2D eigenvalue weighted by molar-refractivity contribution is 8.37. The van der Waals surface area contributed by atoms with E-state index in [9.17, 15) is 15.5 Å². The zero-order valence-corrected chi connectivity index (χ0v) is 22.3. The molecule has 0 radical (unpaired) electrons. The Balaban J connectivity index is 1.98. The molecule has 2 aliphatic rings. The number of thiocyanates is 1. The molecule has 0 bridgehead atoms. The van der Waals surface area contributed by atoms with Crippen molar-refractivity contribution in [1.29, 1.82) is 10.7 Å². The highest BCUT2D eigenvalue weighted by Gasteiger charge is 2.45. The van der Waals surface area contributed by atoms with Gasteiger partial charge < -0.3 is 15.6 Å². The average molecular weight is 471 g/mol. The third-order valence-corrected chi connectivity index (χ3v) is 11.2. The molecule has 2 fully saturated rings. The second-order valence-electron chi connectivity index (χ2n) is 10.9. The van der Waals surface area contributed by atoms with E-state index in [-0.39, 0.29) is 18.0 Å². The number of nitrogens with zero attached hydrogens (tertiary/aromatic N) is 2. The predicted octanol–water partition coefficient (Wildman–Crippen LogP) is 5.95. The largest absolute Gasteiger partial charge is 0.388 e. The number of hydrogen-bond acceptors (Lipinski definition) is 4. The van der Waals surface area contributed by atoms with Gasteiger partial charge in [0.15, 0.2) is 0 Å². The van der Waals surface area contributed by atoms with Crippen LogP contribution < -0.4 is 5.32 Å². The Bertz CT molecular complexity index is 946. The lowest BCUT2D eigenvalue weighted by Crippen LogP contribution is -2.56. The van der Waals surface area contributed by atoms with E-state index < -0.39 is 15.4 Å². The van der Waals surface area contributed by atoms with Crippen LogP contribution in [0.5, 0.6) is 0 Å². The first-order chi connectivity index (χ1) is 15.5. The minimum atomic E-state index is -1.37. The normalized spacial score (nSPS) is 27.4. The van der Waals surface area contributed by atoms with Crippen molar-refractivity contribution >= 4 is 27.3 Å². The maximum atomic E-state index is 14.2. The molecular formula is C27H42N4OS. The van der Waals surface area contributed by atoms with Crippen LogP contribution in [0.1, 0.15) is 77.8 Å². The van der Waals surface area contributed by atoms with Crippen LogP contribution in [-0.4, -0.2) is 52.9 Å². The van der Waals surface area contributed by atoms with Crippen LogP contribution in [0.4, 0.5) is 5.69 Å². The Kier molecular flexibility index (Phi) is 7.53. The number of benzene rings is 1. The lowest BCUT2D eigenvalue weighted by Gasteiger charge is -2.49. The molecule has 2 N–H and O–H groups in total. The van der Waals surface area contributed by atoms with Crippen molar-refractivity contribution in [1.82, 2.24) is 4.90 Å². The summed E-state index contributed by atoms with van der Waals surface area (Å²) < 4.78 is 0. The Hall–Kier alpha value is -2.00. The molecule has 3 atom stereocenters. The summed E-state index contributed by atoms with van der Waals surface area (Å²) in [4.78, 5) is 16.2. The fourth-order valence-electron chi connectivity index (χ4n) is 5.51. The van der Waals surface area contributed by atoms with Crippen LogP contribution in [0.15, 0.2) is 18.2 Å². The topological polar surface area (TPSA) is 80.0 Å². The van der Waals surface area contributed by atoms with E-state index in [2.05, 4.69) is 44.5 Å². The molecule has 1 aromatic carbocycles. The first kappa shape index (κ1) is 25.6. The van der Waals surface area contributed by atoms with E-state index >= 15 is 0 Å². The Labute approximate surface area is 202 Å². The van der Waals surface area contributed by atoms with Gasteiger partial charge in [0.2, 0.25) is 5.91 Å². The van der Waals surface area contributed by atoms with Gasteiger partial charge in [-0.05, 0) is 81.9 Å². The standard InChI is InChI=1S/C27H42N4OS/c1-8-33(17-28)15-19(4)14-21(16-33)31(18(2)3)26(32)27(5,6)25(29)24-22(20-12-13-20)10-9-11-23(24)30-7/h9-11,18-21,29-30H,8,12-16H2,1-7H3. The van der Waals surface area contributed by atoms with Crippen LogP contribution >= 0.6 is 10.0 Å². The summed E-state index contributed by atoms with van der Waals surface area (Å²) in [7, 11) is 0.511. The summed E-state index contributed by atoms with van der Waals surface area (Å²) >= 11 is 0. The van der Waals surface area contributed by atoms with E-state index in [1.807, 2.05) is 37.9 Å². The van der Waals surface area contributed by atoms with Gasteiger partial charge in [-0.3, -0.25) is 4.79 Å². The Morgan fingerprint density at radius 3 is 2.52 bits per heavy atom. The molecule has 3 rings (SSSR count). The lowest BCUT2D eigenvalue weighted by atomic mass is 9.78. The molecule has 33 heavy (non-hydrogen) atoms. The van der Waals surface area contributed by atoms with Gasteiger partial charge in [-0.1, -0.05) is 26.0 Å². The minimum absolute atomic E-state index is 0.0107. The number of rotatable bonds is 8. The van der Waals surface area contributed by atoms with Gasteiger partial charge in [0.1, 0.15) is 5.40 Å². The van der Waals surface area contributed by atoms with E-state index in [0.29, 0.717) is 17.5 Å². The van der Waals surface area contributed by atoms with E-state index in [4.69, 9.17) is 0 Å². The van der Waals surface area contributed by atoms with Crippen molar-refractivity contribution in [2.75, 3.05) is 29.6 Å². The van der Waals surface area contributed by atoms with E-state index in [1.54, 1.807) is 0 Å². The van der Waals surface area contributed by atoms with Crippen molar-refractivity contribution < 1.29 is 4.79 Å². The van der Waals surface area contributed by atoms with Crippen LogP contribution in [0.3, 0.4) is 0 Å². The fraction of sp³-hybridized carbons (Fsp3) is 0.667. The summed E-state index contributed by atoms with van der Waals surface area (Å²) in [5.41, 5.74) is 2.44. The molecule has 1 saturated carbocycles. The molecule has 0 spiro atoms. The smallest absolute Gasteiger partial charge is 0.234 e.